The Morgan fingerprint density at radius 1 is 1.24 bits per heavy atom. The number of aromatic nitrogens is 2. The maximum absolute atomic E-state index is 5.45. The van der Waals surface area contributed by atoms with Gasteiger partial charge in [-0.25, -0.2) is 4.57 Å². The van der Waals surface area contributed by atoms with Crippen LogP contribution in [0.5, 0.6) is 5.75 Å². The Morgan fingerprint density at radius 2 is 2.05 bits per heavy atom. The Labute approximate surface area is 124 Å². The van der Waals surface area contributed by atoms with Crippen LogP contribution in [-0.4, -0.2) is 11.7 Å². The van der Waals surface area contributed by atoms with Gasteiger partial charge in [0.15, 0.2) is 0 Å². The Balaban J connectivity index is 2.42. The lowest BCUT2D eigenvalue weighted by Crippen LogP contribution is -2.30. The summed E-state index contributed by atoms with van der Waals surface area (Å²) >= 11 is 0. The number of benzene rings is 1. The van der Waals surface area contributed by atoms with E-state index in [0.29, 0.717) is 0 Å². The summed E-state index contributed by atoms with van der Waals surface area (Å²) in [5, 5.41) is 1.19. The maximum atomic E-state index is 5.45. The molecule has 0 unspecified atom stereocenters. The average molecular weight is 279 g/mol. The molecule has 3 aromatic rings. The van der Waals surface area contributed by atoms with Crippen molar-refractivity contribution >= 4 is 17.1 Å². The molecular formula is C18H19N2O+. The fourth-order valence-electron chi connectivity index (χ4n) is 2.84. The first kappa shape index (κ1) is 13.4. The Morgan fingerprint density at radius 3 is 2.76 bits per heavy atom. The molecule has 3 rings (SSSR count). The third-order valence-corrected chi connectivity index (χ3v) is 3.88. The lowest BCUT2D eigenvalue weighted by molar-refractivity contribution is -0.647. The van der Waals surface area contributed by atoms with Gasteiger partial charge in [-0.2, -0.15) is 4.57 Å². The van der Waals surface area contributed by atoms with Gasteiger partial charge in [-0.15, -0.1) is 0 Å². The highest BCUT2D eigenvalue weighted by Gasteiger charge is 2.21. The van der Waals surface area contributed by atoms with E-state index >= 15 is 0 Å². The van der Waals surface area contributed by atoms with Crippen LogP contribution in [0.3, 0.4) is 0 Å². The summed E-state index contributed by atoms with van der Waals surface area (Å²) in [6.07, 6.45) is 3.94. The molecule has 0 atom stereocenters. The zero-order valence-corrected chi connectivity index (χ0v) is 12.6. The van der Waals surface area contributed by atoms with Crippen molar-refractivity contribution in [1.82, 2.24) is 4.57 Å². The minimum atomic E-state index is 0.892. The van der Waals surface area contributed by atoms with Gasteiger partial charge >= 0.3 is 0 Å². The Hall–Kier alpha value is -2.55. The lowest BCUT2D eigenvalue weighted by Gasteiger charge is -2.09. The molecule has 0 bridgehead atoms. The molecule has 1 aromatic carbocycles. The highest BCUT2D eigenvalue weighted by atomic mass is 16.5. The molecule has 3 nitrogen and oxygen atoms in total. The summed E-state index contributed by atoms with van der Waals surface area (Å²) in [5.74, 6) is 0.892. The van der Waals surface area contributed by atoms with Gasteiger partial charge in [0.25, 0.3) is 5.65 Å². The third kappa shape index (κ3) is 2.02. The number of methoxy groups -OCH3 is 1. The molecular weight excluding hydrogens is 260 g/mol. The van der Waals surface area contributed by atoms with Crippen molar-refractivity contribution in [2.75, 3.05) is 7.11 Å². The number of aryl methyl sites for hydroxylation is 1. The first-order valence-corrected chi connectivity index (χ1v) is 6.94. The Bertz CT molecular complexity index is 831. The predicted octanol–water partition coefficient (Wildman–Crippen LogP) is 3.42. The van der Waals surface area contributed by atoms with Crippen molar-refractivity contribution < 1.29 is 9.30 Å². The molecule has 3 heteroatoms. The summed E-state index contributed by atoms with van der Waals surface area (Å²) in [7, 11) is 3.76. The van der Waals surface area contributed by atoms with Crippen LogP contribution in [0.25, 0.3) is 22.8 Å². The van der Waals surface area contributed by atoms with Crippen molar-refractivity contribution in [2.45, 2.75) is 6.92 Å². The smallest absolute Gasteiger partial charge is 0.294 e. The molecule has 0 saturated heterocycles. The number of rotatable bonds is 3. The monoisotopic (exact) mass is 279 g/mol. The normalized spacial score (nSPS) is 10.8. The summed E-state index contributed by atoms with van der Waals surface area (Å²) in [6, 6.07) is 12.4. The van der Waals surface area contributed by atoms with Gasteiger partial charge in [0.1, 0.15) is 17.1 Å². The highest BCUT2D eigenvalue weighted by Crippen LogP contribution is 2.29. The molecule has 0 amide bonds. The van der Waals surface area contributed by atoms with Crippen LogP contribution in [0.2, 0.25) is 0 Å². The van der Waals surface area contributed by atoms with Crippen molar-refractivity contribution in [2.24, 2.45) is 7.05 Å². The Kier molecular flexibility index (Phi) is 3.26. The predicted molar refractivity (Wildman–Crippen MR) is 85.8 cm³/mol. The standard InChI is InChI=1S/C18H19N2O/c1-5-15-12-14-8-7-11-19(3)18(14)20(15)16-9-6-10-17(21-4)13(16)2/h5-12H,1H2,2-4H3/q+1. The molecule has 0 fully saturated rings. The van der Waals surface area contributed by atoms with E-state index in [-0.39, 0.29) is 0 Å². The average Bonchev–Trinajstić information content (AvgIpc) is 2.87. The number of pyridine rings is 1. The summed E-state index contributed by atoms with van der Waals surface area (Å²) in [6.45, 7) is 6.03. The molecule has 0 aliphatic carbocycles. The molecule has 0 radical (unpaired) electrons. The van der Waals surface area contributed by atoms with Crippen LogP contribution >= 0.6 is 0 Å². The van der Waals surface area contributed by atoms with E-state index in [9.17, 15) is 0 Å². The minimum Gasteiger partial charge on any atom is -0.496 e. The van der Waals surface area contributed by atoms with E-state index in [1.165, 1.54) is 5.39 Å². The van der Waals surface area contributed by atoms with E-state index in [1.54, 1.807) is 7.11 Å². The number of hydrogen-bond donors (Lipinski definition) is 0. The van der Waals surface area contributed by atoms with Gasteiger partial charge in [0, 0.05) is 11.6 Å². The number of nitrogens with zero attached hydrogens (tertiary/aromatic N) is 2. The second-order valence-corrected chi connectivity index (χ2v) is 5.11. The number of ether oxygens (including phenoxy) is 1. The second-order valence-electron chi connectivity index (χ2n) is 5.11. The van der Waals surface area contributed by atoms with Gasteiger partial charge < -0.3 is 4.74 Å². The highest BCUT2D eigenvalue weighted by molar-refractivity contribution is 5.80. The summed E-state index contributed by atoms with van der Waals surface area (Å²) < 4.78 is 9.80. The van der Waals surface area contributed by atoms with Gasteiger partial charge in [0.2, 0.25) is 0 Å². The zero-order chi connectivity index (χ0) is 15.0. The lowest BCUT2D eigenvalue weighted by atomic mass is 10.1. The van der Waals surface area contributed by atoms with Crippen LogP contribution in [0.4, 0.5) is 0 Å². The molecule has 0 spiro atoms. The quantitative estimate of drug-likeness (QED) is 0.672. The molecule has 0 saturated carbocycles. The van der Waals surface area contributed by atoms with Crippen LogP contribution in [0, 0.1) is 6.92 Å². The molecule has 0 aliphatic heterocycles. The number of hydrogen-bond acceptors (Lipinski definition) is 1. The summed E-state index contributed by atoms with van der Waals surface area (Å²) in [4.78, 5) is 0. The SMILES string of the molecule is C=Cc1cc2ccc[n+](C)c2n1-c1cccc(OC)c1C. The van der Waals surface area contributed by atoms with E-state index in [1.807, 2.05) is 18.2 Å². The first-order chi connectivity index (χ1) is 10.2. The van der Waals surface area contributed by atoms with Crippen molar-refractivity contribution in [3.05, 3.63) is 60.4 Å². The molecule has 21 heavy (non-hydrogen) atoms. The third-order valence-electron chi connectivity index (χ3n) is 3.88. The largest absolute Gasteiger partial charge is 0.496 e. The van der Waals surface area contributed by atoms with Gasteiger partial charge in [-0.1, -0.05) is 12.6 Å². The van der Waals surface area contributed by atoms with Crippen LogP contribution < -0.4 is 9.30 Å². The minimum absolute atomic E-state index is 0.892. The van der Waals surface area contributed by atoms with Crippen molar-refractivity contribution in [3.8, 4) is 11.4 Å². The van der Waals surface area contributed by atoms with Gasteiger partial charge in [0.05, 0.1) is 25.7 Å². The van der Waals surface area contributed by atoms with E-state index < -0.39 is 0 Å². The van der Waals surface area contributed by atoms with Gasteiger partial charge in [-0.05, 0) is 37.3 Å². The molecule has 0 aliphatic rings. The molecule has 2 heterocycles. The second kappa shape index (κ2) is 5.09. The van der Waals surface area contributed by atoms with E-state index in [4.69, 9.17) is 4.74 Å². The summed E-state index contributed by atoms with van der Waals surface area (Å²) in [5.41, 5.74) is 4.44. The van der Waals surface area contributed by atoms with E-state index in [0.717, 1.165) is 28.3 Å². The molecule has 2 aromatic heterocycles. The van der Waals surface area contributed by atoms with Crippen LogP contribution in [-0.2, 0) is 7.05 Å². The van der Waals surface area contributed by atoms with Gasteiger partial charge in [-0.3, -0.25) is 0 Å². The van der Waals surface area contributed by atoms with Crippen LogP contribution in [0.15, 0.2) is 49.2 Å². The topological polar surface area (TPSA) is 18.0 Å². The molecule has 106 valence electrons. The van der Waals surface area contributed by atoms with Crippen LogP contribution in [0.1, 0.15) is 11.3 Å². The van der Waals surface area contributed by atoms with E-state index in [2.05, 4.69) is 60.1 Å². The number of fused-ring (bicyclic) bond motifs is 1. The fourth-order valence-corrected chi connectivity index (χ4v) is 2.84. The zero-order valence-electron chi connectivity index (χ0n) is 12.6. The maximum Gasteiger partial charge on any atom is 0.294 e. The first-order valence-electron chi connectivity index (χ1n) is 6.94. The molecule has 0 N–H and O–H groups in total. The van der Waals surface area contributed by atoms with Crippen molar-refractivity contribution in [1.29, 1.82) is 0 Å². The fraction of sp³-hybridized carbons (Fsp3) is 0.167. The van der Waals surface area contributed by atoms with Crippen molar-refractivity contribution in [3.63, 3.8) is 0 Å².